The number of rotatable bonds is 5. The molecular weight excluding hydrogens is 276 g/mol. The van der Waals surface area contributed by atoms with Crippen molar-refractivity contribution in [3.63, 3.8) is 0 Å². The zero-order valence-corrected chi connectivity index (χ0v) is 13.2. The summed E-state index contributed by atoms with van der Waals surface area (Å²) in [5.41, 5.74) is 0.963. The molecule has 1 aromatic carbocycles. The van der Waals surface area contributed by atoms with E-state index in [4.69, 9.17) is 0 Å². The Labute approximate surface area is 123 Å². The molecule has 0 fully saturated rings. The second-order valence-electron chi connectivity index (χ2n) is 5.87. The van der Waals surface area contributed by atoms with Crippen molar-refractivity contribution in [1.29, 1.82) is 0 Å². The van der Waals surface area contributed by atoms with Crippen molar-refractivity contribution in [1.82, 2.24) is 5.32 Å². The van der Waals surface area contributed by atoms with Crippen molar-refractivity contribution in [2.24, 2.45) is 5.92 Å². The summed E-state index contributed by atoms with van der Waals surface area (Å²) in [5.74, 6) is -0.232. The van der Waals surface area contributed by atoms with Gasteiger partial charge in [-0.1, -0.05) is 27.7 Å². The smallest absolute Gasteiger partial charge is 0.141 e. The van der Waals surface area contributed by atoms with Crippen molar-refractivity contribution < 1.29 is 8.78 Å². The fourth-order valence-corrected chi connectivity index (χ4v) is 3.50. The normalized spacial score (nSPS) is 12.0. The third kappa shape index (κ3) is 3.18. The Morgan fingerprint density at radius 3 is 2.35 bits per heavy atom. The molecule has 0 atom stereocenters. The van der Waals surface area contributed by atoms with Gasteiger partial charge in [0.1, 0.15) is 11.6 Å². The molecule has 1 heterocycles. The molecule has 0 bridgehead atoms. The number of hydrogen-bond donors (Lipinski definition) is 1. The van der Waals surface area contributed by atoms with Gasteiger partial charge in [-0.15, -0.1) is 11.3 Å². The minimum Gasteiger partial charge on any atom is -0.310 e. The highest BCUT2D eigenvalue weighted by atomic mass is 32.1. The Bertz CT molecular complexity index is 602. The van der Waals surface area contributed by atoms with Crippen LogP contribution in [0.3, 0.4) is 0 Å². The molecule has 0 aliphatic heterocycles. The number of nitrogens with one attached hydrogen (secondary N) is 1. The van der Waals surface area contributed by atoms with Crippen LogP contribution in [0.5, 0.6) is 0 Å². The Balaban J connectivity index is 2.54. The highest BCUT2D eigenvalue weighted by molar-refractivity contribution is 7.19. The first-order chi connectivity index (χ1) is 9.40. The second-order valence-corrected chi connectivity index (χ2v) is 6.98. The monoisotopic (exact) mass is 297 g/mol. The van der Waals surface area contributed by atoms with Crippen LogP contribution in [0.15, 0.2) is 12.1 Å². The topological polar surface area (TPSA) is 12.0 Å². The third-order valence-corrected chi connectivity index (χ3v) is 4.45. The fraction of sp³-hybridized carbons (Fsp3) is 0.500. The minimum absolute atomic E-state index is 0.316. The predicted molar refractivity (Wildman–Crippen MR) is 82.3 cm³/mol. The molecule has 0 saturated heterocycles. The van der Waals surface area contributed by atoms with Crippen LogP contribution in [0, 0.1) is 17.6 Å². The van der Waals surface area contributed by atoms with Gasteiger partial charge in [-0.05, 0) is 30.0 Å². The first kappa shape index (κ1) is 15.4. The van der Waals surface area contributed by atoms with Crippen LogP contribution >= 0.6 is 11.3 Å². The largest absolute Gasteiger partial charge is 0.310 e. The lowest BCUT2D eigenvalue weighted by Crippen LogP contribution is -2.21. The van der Waals surface area contributed by atoms with Gasteiger partial charge in [-0.3, -0.25) is 0 Å². The molecule has 0 radical (unpaired) electrons. The highest BCUT2D eigenvalue weighted by Gasteiger charge is 2.19. The molecule has 0 aliphatic rings. The van der Waals surface area contributed by atoms with Crippen LogP contribution in [0.4, 0.5) is 8.78 Å². The summed E-state index contributed by atoms with van der Waals surface area (Å²) in [4.78, 5) is 1.05. The van der Waals surface area contributed by atoms with E-state index in [1.54, 1.807) is 0 Å². The lowest BCUT2D eigenvalue weighted by atomic mass is 9.99. The van der Waals surface area contributed by atoms with Crippen molar-refractivity contribution in [2.75, 3.05) is 0 Å². The molecule has 1 N–H and O–H groups in total. The summed E-state index contributed by atoms with van der Waals surface area (Å²) < 4.78 is 28.5. The minimum atomic E-state index is -0.327. The zero-order chi connectivity index (χ0) is 14.9. The van der Waals surface area contributed by atoms with Crippen molar-refractivity contribution in [2.45, 2.75) is 46.7 Å². The Morgan fingerprint density at radius 1 is 1.10 bits per heavy atom. The van der Waals surface area contributed by atoms with E-state index in [9.17, 15) is 8.78 Å². The molecular formula is C16H21F2NS. The molecule has 0 spiro atoms. The molecule has 0 aliphatic carbocycles. The maximum absolute atomic E-state index is 14.1. The van der Waals surface area contributed by atoms with Crippen LogP contribution in [0.1, 0.15) is 38.1 Å². The van der Waals surface area contributed by atoms with Gasteiger partial charge < -0.3 is 5.32 Å². The van der Waals surface area contributed by atoms with Crippen LogP contribution in [0.25, 0.3) is 10.1 Å². The lowest BCUT2D eigenvalue weighted by molar-refractivity contribution is 0.584. The average Bonchev–Trinajstić information content (AvgIpc) is 2.71. The molecule has 110 valence electrons. The van der Waals surface area contributed by atoms with Gasteiger partial charge in [0.05, 0.1) is 4.70 Å². The average molecular weight is 297 g/mol. The van der Waals surface area contributed by atoms with Crippen molar-refractivity contribution >= 4 is 21.4 Å². The quantitative estimate of drug-likeness (QED) is 0.829. The van der Waals surface area contributed by atoms with E-state index in [1.165, 1.54) is 23.5 Å². The molecule has 2 aromatic rings. The number of hydrogen-bond acceptors (Lipinski definition) is 2. The van der Waals surface area contributed by atoms with E-state index in [0.717, 1.165) is 16.9 Å². The molecule has 0 amide bonds. The van der Waals surface area contributed by atoms with Crippen molar-refractivity contribution in [3.05, 3.63) is 34.2 Å². The number of fused-ring (bicyclic) bond motifs is 1. The predicted octanol–water partition coefficient (Wildman–Crippen LogP) is 4.88. The van der Waals surface area contributed by atoms with E-state index in [0.29, 0.717) is 28.6 Å². The maximum Gasteiger partial charge on any atom is 0.141 e. The molecule has 2 rings (SSSR count). The van der Waals surface area contributed by atoms with Gasteiger partial charge >= 0.3 is 0 Å². The molecule has 0 unspecified atom stereocenters. The molecule has 0 saturated carbocycles. The summed E-state index contributed by atoms with van der Waals surface area (Å²) in [7, 11) is 0. The first-order valence-corrected chi connectivity index (χ1v) is 7.83. The van der Waals surface area contributed by atoms with E-state index in [-0.39, 0.29) is 11.6 Å². The molecule has 1 nitrogen and oxygen atoms in total. The summed E-state index contributed by atoms with van der Waals surface area (Å²) in [6, 6.07) is 2.79. The SMILES string of the molecule is CC(C)Cc1c(CNC(C)C)sc2c(F)ccc(F)c12. The Morgan fingerprint density at radius 2 is 1.75 bits per heavy atom. The number of halogens is 2. The lowest BCUT2D eigenvalue weighted by Gasteiger charge is -2.10. The summed E-state index contributed by atoms with van der Waals surface area (Å²) >= 11 is 1.37. The fourth-order valence-electron chi connectivity index (χ4n) is 2.30. The number of thiophene rings is 1. The van der Waals surface area contributed by atoms with E-state index >= 15 is 0 Å². The van der Waals surface area contributed by atoms with E-state index in [1.807, 2.05) is 0 Å². The van der Waals surface area contributed by atoms with E-state index < -0.39 is 0 Å². The van der Waals surface area contributed by atoms with Gasteiger partial charge in [0.15, 0.2) is 0 Å². The molecule has 4 heteroatoms. The maximum atomic E-state index is 14.1. The van der Waals surface area contributed by atoms with Crippen LogP contribution in [-0.4, -0.2) is 6.04 Å². The molecule has 20 heavy (non-hydrogen) atoms. The second kappa shape index (κ2) is 6.19. The van der Waals surface area contributed by atoms with Crippen LogP contribution in [0.2, 0.25) is 0 Å². The third-order valence-electron chi connectivity index (χ3n) is 3.21. The summed E-state index contributed by atoms with van der Waals surface area (Å²) in [6.45, 7) is 8.99. The standard InChI is InChI=1S/C16H21F2NS/c1-9(2)7-11-14(8-19-10(3)4)20-16-13(18)6-5-12(17)15(11)16/h5-6,9-10,19H,7-8H2,1-4H3. The van der Waals surface area contributed by atoms with Gasteiger partial charge in [-0.25, -0.2) is 8.78 Å². The molecule has 1 aromatic heterocycles. The van der Waals surface area contributed by atoms with E-state index in [2.05, 4.69) is 33.0 Å². The summed E-state index contributed by atoms with van der Waals surface area (Å²) in [5, 5.41) is 3.82. The Hall–Kier alpha value is -1.00. The van der Waals surface area contributed by atoms with Crippen LogP contribution in [-0.2, 0) is 13.0 Å². The highest BCUT2D eigenvalue weighted by Crippen LogP contribution is 2.36. The van der Waals surface area contributed by atoms with Gasteiger partial charge in [-0.2, -0.15) is 0 Å². The van der Waals surface area contributed by atoms with Gasteiger partial charge in [0.2, 0.25) is 0 Å². The van der Waals surface area contributed by atoms with Crippen molar-refractivity contribution in [3.8, 4) is 0 Å². The van der Waals surface area contributed by atoms with Gasteiger partial charge in [0, 0.05) is 22.8 Å². The Kier molecular flexibility index (Phi) is 4.76. The summed E-state index contributed by atoms with van der Waals surface area (Å²) in [6.07, 6.45) is 0.773. The zero-order valence-electron chi connectivity index (χ0n) is 12.4. The van der Waals surface area contributed by atoms with Gasteiger partial charge in [0.25, 0.3) is 0 Å². The van der Waals surface area contributed by atoms with Crippen LogP contribution < -0.4 is 5.32 Å². The number of benzene rings is 1. The first-order valence-electron chi connectivity index (χ1n) is 7.01.